The van der Waals surface area contributed by atoms with Crippen molar-refractivity contribution in [2.75, 3.05) is 12.9 Å². The van der Waals surface area contributed by atoms with Crippen LogP contribution < -0.4 is 5.73 Å². The standard InChI is InChI=1S/C22H30N2O2S2/c1-28(25)19-7-13-27-18(19)14-17(23)15-21(20-6-2-5-11-24-20)10-12-26-22(16-21)8-3-4-9-22/h2,5-7,11,13,17H,3-4,8-10,12,14-16,23H2,1H3. The zero-order valence-corrected chi connectivity index (χ0v) is 18.2. The fourth-order valence-corrected chi connectivity index (χ4v) is 7.39. The summed E-state index contributed by atoms with van der Waals surface area (Å²) in [5.74, 6) is 0. The van der Waals surface area contributed by atoms with E-state index in [-0.39, 0.29) is 17.1 Å². The maximum Gasteiger partial charge on any atom is 0.0691 e. The van der Waals surface area contributed by atoms with Gasteiger partial charge in [0.1, 0.15) is 0 Å². The summed E-state index contributed by atoms with van der Waals surface area (Å²) < 4.78 is 18.3. The Morgan fingerprint density at radius 2 is 2.11 bits per heavy atom. The van der Waals surface area contributed by atoms with Gasteiger partial charge in [0.15, 0.2) is 0 Å². The van der Waals surface area contributed by atoms with E-state index in [0.29, 0.717) is 0 Å². The first kappa shape index (κ1) is 20.2. The molecule has 1 aliphatic carbocycles. The molecule has 2 aliphatic rings. The van der Waals surface area contributed by atoms with Crippen LogP contribution in [0.25, 0.3) is 0 Å². The molecule has 0 aromatic carbocycles. The number of hydrogen-bond acceptors (Lipinski definition) is 5. The molecule has 4 rings (SSSR count). The van der Waals surface area contributed by atoms with Gasteiger partial charge in [0.05, 0.1) is 21.3 Å². The molecule has 2 aromatic rings. The van der Waals surface area contributed by atoms with Crippen molar-refractivity contribution in [2.24, 2.45) is 5.73 Å². The van der Waals surface area contributed by atoms with Gasteiger partial charge >= 0.3 is 0 Å². The predicted octanol–water partition coefficient (Wildman–Crippen LogP) is 4.20. The average Bonchev–Trinajstić information content (AvgIpc) is 3.32. The van der Waals surface area contributed by atoms with Crippen LogP contribution in [0, 0.1) is 0 Å². The van der Waals surface area contributed by atoms with Gasteiger partial charge in [0.25, 0.3) is 0 Å². The molecule has 28 heavy (non-hydrogen) atoms. The molecule has 4 nitrogen and oxygen atoms in total. The Bertz CT molecular complexity index is 817. The van der Waals surface area contributed by atoms with Crippen LogP contribution in [-0.2, 0) is 27.4 Å². The molecule has 2 N–H and O–H groups in total. The van der Waals surface area contributed by atoms with Crippen molar-refractivity contribution in [3.63, 3.8) is 0 Å². The molecule has 0 radical (unpaired) electrons. The van der Waals surface area contributed by atoms with Crippen LogP contribution in [-0.4, -0.2) is 33.7 Å². The van der Waals surface area contributed by atoms with Crippen molar-refractivity contribution >= 4 is 22.1 Å². The van der Waals surface area contributed by atoms with Gasteiger partial charge in [-0.3, -0.25) is 9.19 Å². The van der Waals surface area contributed by atoms with Gasteiger partial charge in [-0.15, -0.1) is 11.3 Å². The second-order valence-corrected chi connectivity index (χ2v) is 10.8. The van der Waals surface area contributed by atoms with E-state index in [1.54, 1.807) is 17.6 Å². The number of nitrogens with two attached hydrogens (primary N) is 1. The fraction of sp³-hybridized carbons (Fsp3) is 0.591. The van der Waals surface area contributed by atoms with Crippen molar-refractivity contribution in [1.29, 1.82) is 0 Å². The first-order valence-corrected chi connectivity index (χ1v) is 12.7. The lowest BCUT2D eigenvalue weighted by atomic mass is 9.66. The van der Waals surface area contributed by atoms with Crippen molar-refractivity contribution in [2.45, 2.75) is 73.3 Å². The number of pyridine rings is 1. The quantitative estimate of drug-likeness (QED) is 0.763. The van der Waals surface area contributed by atoms with E-state index in [1.807, 2.05) is 23.7 Å². The number of thiophene rings is 1. The summed E-state index contributed by atoms with van der Waals surface area (Å²) in [7, 11) is -0.963. The van der Waals surface area contributed by atoms with E-state index in [1.165, 1.54) is 12.8 Å². The van der Waals surface area contributed by atoms with Gasteiger partial charge in [0.2, 0.25) is 0 Å². The Hall–Kier alpha value is -1.08. The summed E-state index contributed by atoms with van der Waals surface area (Å²) in [5.41, 5.74) is 7.84. The SMILES string of the molecule is CS(=O)c1ccsc1CC(N)CC1(c2ccccn2)CCOC2(CCCC2)C1. The Morgan fingerprint density at radius 3 is 2.82 bits per heavy atom. The molecule has 6 heteroatoms. The van der Waals surface area contributed by atoms with Gasteiger partial charge in [-0.05, 0) is 62.1 Å². The van der Waals surface area contributed by atoms with Gasteiger partial charge in [-0.25, -0.2) is 0 Å². The summed E-state index contributed by atoms with van der Waals surface area (Å²) in [5, 5.41) is 2.02. The number of nitrogens with zero attached hydrogens (tertiary/aromatic N) is 1. The highest BCUT2D eigenvalue weighted by atomic mass is 32.2. The Kier molecular flexibility index (Phi) is 6.02. The van der Waals surface area contributed by atoms with Crippen molar-refractivity contribution in [1.82, 2.24) is 4.98 Å². The highest BCUT2D eigenvalue weighted by Crippen LogP contribution is 2.50. The van der Waals surface area contributed by atoms with Crippen LogP contribution in [0.1, 0.15) is 55.5 Å². The molecule has 2 aromatic heterocycles. The van der Waals surface area contributed by atoms with Gasteiger partial charge in [-0.1, -0.05) is 18.9 Å². The van der Waals surface area contributed by atoms with Gasteiger partial charge < -0.3 is 10.5 Å². The minimum Gasteiger partial charge on any atom is -0.375 e. The molecule has 0 amide bonds. The summed E-state index contributed by atoms with van der Waals surface area (Å²) in [4.78, 5) is 6.86. The smallest absolute Gasteiger partial charge is 0.0691 e. The average molecular weight is 419 g/mol. The summed E-state index contributed by atoms with van der Waals surface area (Å²) in [6, 6.07) is 8.22. The minimum atomic E-state index is -0.963. The van der Waals surface area contributed by atoms with E-state index >= 15 is 0 Å². The third-order valence-electron chi connectivity index (χ3n) is 6.49. The molecule has 0 bridgehead atoms. The largest absolute Gasteiger partial charge is 0.375 e. The van der Waals surface area contributed by atoms with Crippen LogP contribution in [0.2, 0.25) is 0 Å². The molecular weight excluding hydrogens is 388 g/mol. The maximum atomic E-state index is 12.0. The lowest BCUT2D eigenvalue weighted by molar-refractivity contribution is -0.105. The molecule has 1 spiro atoms. The van der Waals surface area contributed by atoms with Crippen LogP contribution in [0.15, 0.2) is 40.7 Å². The summed E-state index contributed by atoms with van der Waals surface area (Å²) in [6.07, 6.45) is 12.1. The Balaban J connectivity index is 1.59. The van der Waals surface area contributed by atoms with E-state index in [9.17, 15) is 4.21 Å². The summed E-state index contributed by atoms with van der Waals surface area (Å²) in [6.45, 7) is 0.784. The third kappa shape index (κ3) is 4.11. The van der Waals surface area contributed by atoms with Crippen LogP contribution in [0.4, 0.5) is 0 Å². The lowest BCUT2D eigenvalue weighted by Gasteiger charge is -2.47. The van der Waals surface area contributed by atoms with Crippen LogP contribution in [0.5, 0.6) is 0 Å². The molecule has 3 atom stereocenters. The fourth-order valence-electron chi connectivity index (χ4n) is 5.28. The molecule has 1 aliphatic heterocycles. The maximum absolute atomic E-state index is 12.0. The number of rotatable bonds is 6. The van der Waals surface area contributed by atoms with Crippen molar-refractivity contribution in [3.8, 4) is 0 Å². The number of aromatic nitrogens is 1. The van der Waals surface area contributed by atoms with Crippen molar-refractivity contribution < 1.29 is 8.95 Å². The topological polar surface area (TPSA) is 65.2 Å². The molecule has 1 saturated carbocycles. The second kappa shape index (κ2) is 8.34. The van der Waals surface area contributed by atoms with Gasteiger partial charge in [-0.2, -0.15) is 0 Å². The zero-order chi connectivity index (χ0) is 19.6. The molecule has 2 fully saturated rings. The molecule has 3 unspecified atom stereocenters. The highest BCUT2D eigenvalue weighted by molar-refractivity contribution is 7.84. The Morgan fingerprint density at radius 1 is 1.29 bits per heavy atom. The predicted molar refractivity (Wildman–Crippen MR) is 115 cm³/mol. The third-order valence-corrected chi connectivity index (χ3v) is 8.56. The monoisotopic (exact) mass is 418 g/mol. The molecule has 152 valence electrons. The Labute approximate surface area is 174 Å². The number of ether oxygens (including phenoxy) is 1. The van der Waals surface area contributed by atoms with E-state index in [2.05, 4.69) is 12.1 Å². The molecule has 3 heterocycles. The van der Waals surface area contributed by atoms with E-state index in [4.69, 9.17) is 15.5 Å². The zero-order valence-electron chi connectivity index (χ0n) is 16.6. The van der Waals surface area contributed by atoms with Crippen molar-refractivity contribution in [3.05, 3.63) is 46.4 Å². The first-order valence-electron chi connectivity index (χ1n) is 10.2. The molecule has 1 saturated heterocycles. The first-order chi connectivity index (χ1) is 13.5. The summed E-state index contributed by atoms with van der Waals surface area (Å²) >= 11 is 1.67. The minimum absolute atomic E-state index is 0.00843. The van der Waals surface area contributed by atoms with E-state index < -0.39 is 10.8 Å². The normalized spacial score (nSPS) is 26.4. The lowest BCUT2D eigenvalue weighted by Crippen LogP contribution is -2.49. The van der Waals surface area contributed by atoms with Crippen LogP contribution in [0.3, 0.4) is 0 Å². The second-order valence-electron chi connectivity index (χ2n) is 8.49. The van der Waals surface area contributed by atoms with Crippen LogP contribution >= 0.6 is 11.3 Å². The van der Waals surface area contributed by atoms with E-state index in [0.717, 1.165) is 60.6 Å². The molecular formula is C22H30N2O2S2. The highest BCUT2D eigenvalue weighted by Gasteiger charge is 2.49. The number of hydrogen-bond donors (Lipinski definition) is 1. The van der Waals surface area contributed by atoms with Gasteiger partial charge in [0, 0.05) is 41.1 Å².